The van der Waals surface area contributed by atoms with E-state index in [-0.39, 0.29) is 36.7 Å². The Bertz CT molecular complexity index is 1560. The number of imidazole rings is 1. The lowest BCUT2D eigenvalue weighted by Gasteiger charge is -2.34. The quantitative estimate of drug-likeness (QED) is 0.311. The smallest absolute Gasteiger partial charge is 0.416 e. The zero-order chi connectivity index (χ0) is 32.7. The fraction of sp³-hybridized carbons (Fsp3) is 0.469. The molecule has 0 radical (unpaired) electrons. The summed E-state index contributed by atoms with van der Waals surface area (Å²) in [6, 6.07) is 6.81. The topological polar surface area (TPSA) is 90.7 Å². The van der Waals surface area contributed by atoms with Crippen LogP contribution in [0.15, 0.2) is 48.8 Å². The first-order valence-electron chi connectivity index (χ1n) is 14.8. The first kappa shape index (κ1) is 32.4. The Morgan fingerprint density at radius 2 is 1.73 bits per heavy atom. The number of carboxylic acids is 1. The number of amides is 1. The van der Waals surface area contributed by atoms with Crippen molar-refractivity contribution >= 4 is 23.5 Å². The summed E-state index contributed by atoms with van der Waals surface area (Å²) in [6.45, 7) is 7.32. The molecule has 2 atom stereocenters. The van der Waals surface area contributed by atoms with Crippen molar-refractivity contribution in [1.82, 2.24) is 14.5 Å². The van der Waals surface area contributed by atoms with Gasteiger partial charge in [0.05, 0.1) is 23.9 Å². The SMILES string of the molecule is CC(C)(C)N1C[C@@H](C(=O)Nc2nccn2Cc2ccc(C(F)(F)F)cc2N2CCC(C(=O)O)CC2)[C@H](c2ccc(F)cc2F)C1. The van der Waals surface area contributed by atoms with Gasteiger partial charge >= 0.3 is 12.1 Å². The van der Waals surface area contributed by atoms with Crippen LogP contribution < -0.4 is 10.2 Å². The number of anilines is 2. The number of rotatable bonds is 7. The minimum Gasteiger partial charge on any atom is -0.481 e. The molecule has 1 amide bonds. The molecule has 0 unspecified atom stereocenters. The van der Waals surface area contributed by atoms with E-state index in [1.807, 2.05) is 20.8 Å². The maximum absolute atomic E-state index is 14.9. The summed E-state index contributed by atoms with van der Waals surface area (Å²) in [6.07, 6.45) is -0.893. The molecule has 2 aliphatic heterocycles. The lowest BCUT2D eigenvalue weighted by molar-refractivity contribution is -0.142. The Kier molecular flexibility index (Phi) is 8.94. The van der Waals surface area contributed by atoms with Crippen LogP contribution in [0.4, 0.5) is 33.6 Å². The molecular formula is C32H36F5N5O3. The largest absolute Gasteiger partial charge is 0.481 e. The average Bonchev–Trinajstić information content (AvgIpc) is 3.60. The molecular weight excluding hydrogens is 597 g/mol. The summed E-state index contributed by atoms with van der Waals surface area (Å²) in [4.78, 5) is 33.3. The highest BCUT2D eigenvalue weighted by Gasteiger charge is 2.43. The Morgan fingerprint density at radius 1 is 1.02 bits per heavy atom. The number of hydrogen-bond acceptors (Lipinski definition) is 5. The predicted octanol–water partition coefficient (Wildman–Crippen LogP) is 5.98. The third-order valence-corrected chi connectivity index (χ3v) is 8.86. The summed E-state index contributed by atoms with van der Waals surface area (Å²) >= 11 is 0. The number of piperidine rings is 1. The maximum atomic E-state index is 14.9. The number of carboxylic acid groups (broad SMARTS) is 1. The lowest BCUT2D eigenvalue weighted by atomic mass is 9.88. The van der Waals surface area contributed by atoms with E-state index in [9.17, 15) is 36.6 Å². The van der Waals surface area contributed by atoms with Gasteiger partial charge in [0.1, 0.15) is 11.6 Å². The second kappa shape index (κ2) is 12.4. The first-order chi connectivity index (χ1) is 21.1. The van der Waals surface area contributed by atoms with Gasteiger partial charge < -0.3 is 14.6 Å². The van der Waals surface area contributed by atoms with E-state index in [0.717, 1.165) is 18.2 Å². The van der Waals surface area contributed by atoms with E-state index in [1.54, 1.807) is 15.7 Å². The molecule has 13 heteroatoms. The molecule has 2 fully saturated rings. The van der Waals surface area contributed by atoms with Crippen LogP contribution in [0.3, 0.4) is 0 Å². The van der Waals surface area contributed by atoms with Gasteiger partial charge in [-0.2, -0.15) is 13.2 Å². The molecule has 2 saturated heterocycles. The summed E-state index contributed by atoms with van der Waals surface area (Å²) in [7, 11) is 0. The number of benzene rings is 2. The Morgan fingerprint density at radius 3 is 2.36 bits per heavy atom. The van der Waals surface area contributed by atoms with Gasteiger partial charge in [-0.3, -0.25) is 19.8 Å². The number of aromatic nitrogens is 2. The molecule has 0 bridgehead atoms. The monoisotopic (exact) mass is 633 g/mol. The van der Waals surface area contributed by atoms with E-state index in [4.69, 9.17) is 0 Å². The molecule has 2 N–H and O–H groups in total. The van der Waals surface area contributed by atoms with Crippen molar-refractivity contribution in [2.45, 2.75) is 57.8 Å². The molecule has 5 rings (SSSR count). The van der Waals surface area contributed by atoms with Crippen molar-refractivity contribution in [2.24, 2.45) is 11.8 Å². The van der Waals surface area contributed by atoms with Gasteiger partial charge in [-0.15, -0.1) is 0 Å². The van der Waals surface area contributed by atoms with Gasteiger partial charge in [0, 0.05) is 61.8 Å². The molecule has 242 valence electrons. The Labute approximate surface area is 257 Å². The molecule has 2 aromatic carbocycles. The summed E-state index contributed by atoms with van der Waals surface area (Å²) in [5.74, 6) is -4.39. The van der Waals surface area contributed by atoms with Gasteiger partial charge in [0.25, 0.3) is 0 Å². The van der Waals surface area contributed by atoms with E-state index in [0.29, 0.717) is 37.2 Å². The number of likely N-dealkylation sites (tertiary alicyclic amines) is 1. The van der Waals surface area contributed by atoms with Gasteiger partial charge in [0.2, 0.25) is 11.9 Å². The molecule has 0 aliphatic carbocycles. The minimum absolute atomic E-state index is 0.0801. The Hall–Kier alpha value is -4.00. The minimum atomic E-state index is -4.57. The van der Waals surface area contributed by atoms with Crippen LogP contribution in [-0.4, -0.2) is 63.2 Å². The number of nitrogens with zero attached hydrogens (tertiary/aromatic N) is 4. The standard InChI is InChI=1S/C32H36F5N5O3/c1-31(2,3)42-17-24(23-7-6-22(33)15-26(23)34)25(18-42)28(43)39-30-38-10-13-41(30)16-20-4-5-21(32(35,36)37)14-27(20)40-11-8-19(9-12-40)29(44)45/h4-7,10,13-15,19,24-25H,8-9,11-12,16-18H2,1-3H3,(H,44,45)(H,38,39,43)/t24-,25+/m0/s1. The fourth-order valence-corrected chi connectivity index (χ4v) is 6.22. The number of nitrogens with one attached hydrogen (secondary N) is 1. The molecule has 3 heterocycles. The van der Waals surface area contributed by atoms with Crippen molar-refractivity contribution in [3.63, 3.8) is 0 Å². The van der Waals surface area contributed by atoms with Crippen molar-refractivity contribution in [2.75, 3.05) is 36.4 Å². The lowest BCUT2D eigenvalue weighted by Crippen LogP contribution is -2.40. The summed E-state index contributed by atoms with van der Waals surface area (Å²) < 4.78 is 71.2. The second-order valence-electron chi connectivity index (χ2n) is 12.8. The highest BCUT2D eigenvalue weighted by atomic mass is 19.4. The van der Waals surface area contributed by atoms with Crippen LogP contribution in [0.5, 0.6) is 0 Å². The predicted molar refractivity (Wildman–Crippen MR) is 158 cm³/mol. The number of hydrogen-bond donors (Lipinski definition) is 2. The molecule has 8 nitrogen and oxygen atoms in total. The van der Waals surface area contributed by atoms with Crippen LogP contribution in [0.2, 0.25) is 0 Å². The van der Waals surface area contributed by atoms with Gasteiger partial charge in [-0.25, -0.2) is 13.8 Å². The van der Waals surface area contributed by atoms with Gasteiger partial charge in [-0.05, 0) is 62.9 Å². The highest BCUT2D eigenvalue weighted by Crippen LogP contribution is 2.39. The molecule has 1 aromatic heterocycles. The van der Waals surface area contributed by atoms with Crippen LogP contribution in [0.25, 0.3) is 0 Å². The van der Waals surface area contributed by atoms with Crippen LogP contribution in [0, 0.1) is 23.5 Å². The molecule has 0 saturated carbocycles. The second-order valence-corrected chi connectivity index (χ2v) is 12.8. The maximum Gasteiger partial charge on any atom is 0.416 e. The van der Waals surface area contributed by atoms with Crippen molar-refractivity contribution in [1.29, 1.82) is 0 Å². The zero-order valence-electron chi connectivity index (χ0n) is 25.2. The van der Waals surface area contributed by atoms with Crippen molar-refractivity contribution < 1.29 is 36.6 Å². The molecule has 3 aromatic rings. The third kappa shape index (κ3) is 7.13. The zero-order valence-corrected chi connectivity index (χ0v) is 25.2. The van der Waals surface area contributed by atoms with Gasteiger partial charge in [0.15, 0.2) is 0 Å². The van der Waals surface area contributed by atoms with E-state index >= 15 is 0 Å². The highest BCUT2D eigenvalue weighted by molar-refractivity contribution is 5.92. The summed E-state index contributed by atoms with van der Waals surface area (Å²) in [5.41, 5.74) is -0.0169. The normalized spacial score (nSPS) is 20.0. The average molecular weight is 634 g/mol. The number of alkyl halides is 3. The number of aliphatic carboxylic acids is 1. The van der Waals surface area contributed by atoms with E-state index in [2.05, 4.69) is 15.2 Å². The third-order valence-electron chi connectivity index (χ3n) is 8.86. The molecule has 45 heavy (non-hydrogen) atoms. The van der Waals surface area contributed by atoms with Crippen LogP contribution >= 0.6 is 0 Å². The fourth-order valence-electron chi connectivity index (χ4n) is 6.22. The van der Waals surface area contributed by atoms with Gasteiger partial charge in [-0.1, -0.05) is 12.1 Å². The van der Waals surface area contributed by atoms with Crippen LogP contribution in [0.1, 0.15) is 56.2 Å². The molecule has 0 spiro atoms. The van der Waals surface area contributed by atoms with E-state index < -0.39 is 53.0 Å². The number of carbonyl (C=O) groups excluding carboxylic acids is 1. The number of carbonyl (C=O) groups is 2. The number of halogens is 5. The van der Waals surface area contributed by atoms with E-state index in [1.165, 1.54) is 24.4 Å². The van der Waals surface area contributed by atoms with Crippen molar-refractivity contribution in [3.8, 4) is 0 Å². The summed E-state index contributed by atoms with van der Waals surface area (Å²) in [5, 5.41) is 12.2. The van der Waals surface area contributed by atoms with Crippen LogP contribution in [-0.2, 0) is 22.3 Å². The molecule has 2 aliphatic rings. The van der Waals surface area contributed by atoms with Crippen molar-refractivity contribution in [3.05, 3.63) is 77.1 Å². The Balaban J connectivity index is 1.40. The first-order valence-corrected chi connectivity index (χ1v) is 14.8.